The summed E-state index contributed by atoms with van der Waals surface area (Å²) in [6, 6.07) is 7.99. The highest BCUT2D eigenvalue weighted by Crippen LogP contribution is 2.27. The van der Waals surface area contributed by atoms with Gasteiger partial charge >= 0.3 is 0 Å². The summed E-state index contributed by atoms with van der Waals surface area (Å²) < 4.78 is 28.8. The van der Waals surface area contributed by atoms with Crippen molar-refractivity contribution in [3.63, 3.8) is 0 Å². The van der Waals surface area contributed by atoms with Gasteiger partial charge in [0.15, 0.2) is 0 Å². The van der Waals surface area contributed by atoms with Gasteiger partial charge in [0.05, 0.1) is 16.1 Å². The highest BCUT2D eigenvalue weighted by molar-refractivity contribution is 7.89. The van der Waals surface area contributed by atoms with Crippen molar-refractivity contribution in [2.45, 2.75) is 51.0 Å². The van der Waals surface area contributed by atoms with Gasteiger partial charge in [0.1, 0.15) is 5.82 Å². The normalized spacial score (nSPS) is 16.7. The Morgan fingerprint density at radius 1 is 1.17 bits per heavy atom. The van der Waals surface area contributed by atoms with E-state index in [-0.39, 0.29) is 22.3 Å². The Kier molecular flexibility index (Phi) is 6.08. The zero-order chi connectivity index (χ0) is 21.4. The number of amides is 1. The molecule has 1 amide bonds. The minimum absolute atomic E-state index is 0.0982. The molecule has 1 N–H and O–H groups in total. The van der Waals surface area contributed by atoms with Gasteiger partial charge in [0, 0.05) is 30.1 Å². The number of benzene rings is 1. The number of anilines is 1. The average Bonchev–Trinajstić information content (AvgIpc) is 3.03. The van der Waals surface area contributed by atoms with Gasteiger partial charge in [-0.25, -0.2) is 13.1 Å². The fourth-order valence-corrected chi connectivity index (χ4v) is 5.04. The van der Waals surface area contributed by atoms with Crippen molar-refractivity contribution in [2.24, 2.45) is 5.92 Å². The van der Waals surface area contributed by atoms with Crippen molar-refractivity contribution in [1.29, 1.82) is 0 Å². The third-order valence-corrected chi connectivity index (χ3v) is 7.16. The summed E-state index contributed by atoms with van der Waals surface area (Å²) >= 11 is 5.85. The number of piperidine rings is 1. The van der Waals surface area contributed by atoms with Gasteiger partial charge in [-0.1, -0.05) is 11.6 Å². The molecule has 2 heterocycles. The zero-order valence-corrected chi connectivity index (χ0v) is 18.7. The van der Waals surface area contributed by atoms with Crippen LogP contribution in [0, 0.1) is 12.8 Å². The maximum Gasteiger partial charge on any atom is 0.243 e. The number of hydrogen-bond acceptors (Lipinski definition) is 4. The van der Waals surface area contributed by atoms with E-state index >= 15 is 0 Å². The number of nitrogens with zero attached hydrogens (tertiary/aromatic N) is 3. The molecule has 0 spiro atoms. The van der Waals surface area contributed by atoms with Crippen LogP contribution in [-0.4, -0.2) is 41.5 Å². The van der Waals surface area contributed by atoms with E-state index in [2.05, 4.69) is 10.4 Å². The van der Waals surface area contributed by atoms with Crippen LogP contribution in [0.2, 0.25) is 5.02 Å². The van der Waals surface area contributed by atoms with Crippen molar-refractivity contribution in [3.8, 4) is 0 Å². The highest BCUT2D eigenvalue weighted by Gasteiger charge is 2.32. The molecule has 9 heteroatoms. The number of sulfonamides is 1. The Morgan fingerprint density at radius 3 is 2.31 bits per heavy atom. The van der Waals surface area contributed by atoms with Crippen LogP contribution in [0.25, 0.3) is 0 Å². The third-order valence-electron chi connectivity index (χ3n) is 4.99. The van der Waals surface area contributed by atoms with Crippen LogP contribution in [-0.2, 0) is 20.4 Å². The van der Waals surface area contributed by atoms with E-state index in [1.165, 1.54) is 16.4 Å². The zero-order valence-electron chi connectivity index (χ0n) is 17.1. The van der Waals surface area contributed by atoms with Crippen molar-refractivity contribution >= 4 is 33.3 Å². The molecule has 1 aromatic heterocycles. The molecule has 0 bridgehead atoms. The maximum atomic E-state index is 12.8. The standard InChI is InChI=1S/C20H27ClN4O3S/c1-14-13-18(25(23-14)20(2,3)4)22-19(26)15-9-11-24(12-10-15)29(27,28)17-7-5-16(21)6-8-17/h5-8,13,15H,9-12H2,1-4H3,(H,22,26). The molecule has 3 rings (SSSR count). The number of carbonyl (C=O) groups is 1. The SMILES string of the molecule is Cc1cc(NC(=O)C2CCN(S(=O)(=O)c3ccc(Cl)cc3)CC2)n(C(C)(C)C)n1. The first-order valence-corrected chi connectivity index (χ1v) is 11.4. The van der Waals surface area contributed by atoms with Gasteiger partial charge < -0.3 is 5.32 Å². The number of aromatic nitrogens is 2. The Balaban J connectivity index is 1.65. The summed E-state index contributed by atoms with van der Waals surface area (Å²) in [6.07, 6.45) is 0.947. The number of rotatable bonds is 4. The lowest BCUT2D eigenvalue weighted by Gasteiger charge is -2.31. The van der Waals surface area contributed by atoms with Crippen LogP contribution in [0.1, 0.15) is 39.3 Å². The van der Waals surface area contributed by atoms with Crippen LogP contribution in [0.4, 0.5) is 5.82 Å². The number of aryl methyl sites for hydroxylation is 1. The summed E-state index contributed by atoms with van der Waals surface area (Å²) in [5, 5.41) is 7.94. The molecule has 1 aliphatic rings. The number of nitrogens with one attached hydrogen (secondary N) is 1. The molecular weight excluding hydrogens is 412 g/mol. The summed E-state index contributed by atoms with van der Waals surface area (Å²) in [4.78, 5) is 13.0. The van der Waals surface area contributed by atoms with Gasteiger partial charge in [0.25, 0.3) is 0 Å². The second-order valence-corrected chi connectivity index (χ2v) is 10.7. The molecule has 0 radical (unpaired) electrons. The number of carbonyl (C=O) groups excluding carboxylic acids is 1. The van der Waals surface area contributed by atoms with Gasteiger partial charge in [-0.2, -0.15) is 9.40 Å². The summed E-state index contributed by atoms with van der Waals surface area (Å²) in [7, 11) is -3.58. The van der Waals surface area contributed by atoms with Gasteiger partial charge in [-0.3, -0.25) is 4.79 Å². The second-order valence-electron chi connectivity index (χ2n) is 8.38. The molecule has 1 saturated heterocycles. The van der Waals surface area contributed by atoms with Gasteiger partial charge in [-0.05, 0) is 64.8 Å². The van der Waals surface area contributed by atoms with Crippen LogP contribution in [0.15, 0.2) is 35.2 Å². The topological polar surface area (TPSA) is 84.3 Å². The second kappa shape index (κ2) is 8.08. The molecule has 1 fully saturated rings. The average molecular weight is 439 g/mol. The number of halogens is 1. The van der Waals surface area contributed by atoms with E-state index in [1.807, 2.05) is 33.8 Å². The molecule has 0 saturated carbocycles. The summed E-state index contributed by atoms with van der Waals surface area (Å²) in [6.45, 7) is 8.57. The van der Waals surface area contributed by atoms with Crippen molar-refractivity contribution in [3.05, 3.63) is 41.0 Å². The van der Waals surface area contributed by atoms with E-state index in [0.29, 0.717) is 36.8 Å². The Hall–Kier alpha value is -1.90. The smallest absolute Gasteiger partial charge is 0.243 e. The van der Waals surface area contributed by atoms with Crippen LogP contribution in [0.3, 0.4) is 0 Å². The lowest BCUT2D eigenvalue weighted by Crippen LogP contribution is -2.41. The largest absolute Gasteiger partial charge is 0.311 e. The van der Waals surface area contributed by atoms with E-state index in [4.69, 9.17) is 11.6 Å². The van der Waals surface area contributed by atoms with E-state index in [0.717, 1.165) is 5.69 Å². The first-order valence-electron chi connectivity index (χ1n) is 9.62. The first kappa shape index (κ1) is 21.8. The molecule has 1 aromatic carbocycles. The highest BCUT2D eigenvalue weighted by atomic mass is 35.5. The quantitative estimate of drug-likeness (QED) is 0.789. The van der Waals surface area contributed by atoms with Crippen LogP contribution >= 0.6 is 11.6 Å². The molecular formula is C20H27ClN4O3S. The van der Waals surface area contributed by atoms with Crippen molar-refractivity contribution < 1.29 is 13.2 Å². The molecule has 158 valence electrons. The fraction of sp³-hybridized carbons (Fsp3) is 0.500. The van der Waals surface area contributed by atoms with Crippen LogP contribution < -0.4 is 5.32 Å². The van der Waals surface area contributed by atoms with Gasteiger partial charge in [0.2, 0.25) is 15.9 Å². The molecule has 0 aliphatic carbocycles. The predicted octanol–water partition coefficient (Wildman–Crippen LogP) is 3.64. The van der Waals surface area contributed by atoms with Crippen molar-refractivity contribution in [1.82, 2.24) is 14.1 Å². The van der Waals surface area contributed by atoms with E-state index in [1.54, 1.807) is 16.8 Å². The first-order chi connectivity index (χ1) is 13.5. The van der Waals surface area contributed by atoms with E-state index < -0.39 is 10.0 Å². The van der Waals surface area contributed by atoms with Crippen molar-refractivity contribution in [2.75, 3.05) is 18.4 Å². The van der Waals surface area contributed by atoms with E-state index in [9.17, 15) is 13.2 Å². The minimum atomic E-state index is -3.58. The van der Waals surface area contributed by atoms with Crippen LogP contribution in [0.5, 0.6) is 0 Å². The molecule has 7 nitrogen and oxygen atoms in total. The third kappa shape index (κ3) is 4.82. The Bertz CT molecular complexity index is 986. The lowest BCUT2D eigenvalue weighted by atomic mass is 9.97. The summed E-state index contributed by atoms with van der Waals surface area (Å²) in [5.74, 6) is 0.324. The molecule has 0 unspecified atom stereocenters. The predicted molar refractivity (Wildman–Crippen MR) is 114 cm³/mol. The minimum Gasteiger partial charge on any atom is -0.311 e. The maximum absolute atomic E-state index is 12.8. The molecule has 2 aromatic rings. The molecule has 0 atom stereocenters. The fourth-order valence-electron chi connectivity index (χ4n) is 3.44. The molecule has 1 aliphatic heterocycles. The summed E-state index contributed by atoms with van der Waals surface area (Å²) in [5.41, 5.74) is 0.575. The monoisotopic (exact) mass is 438 g/mol. The Labute approximate surface area is 177 Å². The lowest BCUT2D eigenvalue weighted by molar-refractivity contribution is -0.121. The Morgan fingerprint density at radius 2 is 1.76 bits per heavy atom. The molecule has 29 heavy (non-hydrogen) atoms. The van der Waals surface area contributed by atoms with Gasteiger partial charge in [-0.15, -0.1) is 0 Å². The number of hydrogen-bond donors (Lipinski definition) is 1.